The molecule has 1 N–H and O–H groups in total. The molecule has 3 aromatic carbocycles. The van der Waals surface area contributed by atoms with Crippen LogP contribution >= 0.6 is 0 Å². The molecule has 0 aliphatic carbocycles. The first kappa shape index (κ1) is 15.4. The van der Waals surface area contributed by atoms with Gasteiger partial charge in [0, 0.05) is 11.6 Å². The highest BCUT2D eigenvalue weighted by molar-refractivity contribution is 5.99. The number of carbonyl (C=O) groups is 1. The summed E-state index contributed by atoms with van der Waals surface area (Å²) in [6, 6.07) is 19.2. The van der Waals surface area contributed by atoms with Crippen LogP contribution in [0.1, 0.15) is 15.9 Å². The number of nitro benzene ring substituents is 1. The monoisotopic (exact) mass is 319 g/mol. The first-order valence-corrected chi connectivity index (χ1v) is 7.21. The number of rotatable bonds is 4. The number of para-hydroxylation sites is 1. The Morgan fingerprint density at radius 1 is 1.00 bits per heavy atom. The Kier molecular flexibility index (Phi) is 4.29. The van der Waals surface area contributed by atoms with Crippen molar-refractivity contribution in [1.29, 1.82) is 0 Å². The van der Waals surface area contributed by atoms with Gasteiger partial charge in [-0.15, -0.1) is 0 Å². The highest BCUT2D eigenvalue weighted by Gasteiger charge is 2.10. The van der Waals surface area contributed by atoms with Crippen LogP contribution in [0.15, 0.2) is 71.8 Å². The zero-order valence-corrected chi connectivity index (χ0v) is 12.5. The van der Waals surface area contributed by atoms with E-state index in [-0.39, 0.29) is 11.6 Å². The summed E-state index contributed by atoms with van der Waals surface area (Å²) in [5.74, 6) is -0.379. The van der Waals surface area contributed by atoms with Gasteiger partial charge in [-0.25, -0.2) is 5.43 Å². The number of amides is 1. The molecule has 6 heteroatoms. The molecule has 3 aromatic rings. The van der Waals surface area contributed by atoms with Gasteiger partial charge < -0.3 is 0 Å². The van der Waals surface area contributed by atoms with Crippen LogP contribution in [0.5, 0.6) is 0 Å². The molecular formula is C18H13N3O3. The van der Waals surface area contributed by atoms with E-state index >= 15 is 0 Å². The molecule has 0 atom stereocenters. The van der Waals surface area contributed by atoms with Crippen LogP contribution in [0.3, 0.4) is 0 Å². The number of nitrogens with zero attached hydrogens (tertiary/aromatic N) is 2. The Morgan fingerprint density at radius 3 is 2.50 bits per heavy atom. The second-order valence-electron chi connectivity index (χ2n) is 5.08. The minimum absolute atomic E-state index is 0.0683. The van der Waals surface area contributed by atoms with E-state index < -0.39 is 4.92 Å². The highest BCUT2D eigenvalue weighted by Crippen LogP contribution is 2.16. The summed E-state index contributed by atoms with van der Waals surface area (Å²) in [5.41, 5.74) is 3.10. The molecule has 24 heavy (non-hydrogen) atoms. The number of hydrazone groups is 1. The number of carbonyl (C=O) groups excluding carboxylic acids is 1. The van der Waals surface area contributed by atoms with Crippen molar-refractivity contribution in [2.24, 2.45) is 5.10 Å². The van der Waals surface area contributed by atoms with Gasteiger partial charge in [-0.3, -0.25) is 14.9 Å². The minimum atomic E-state index is -0.494. The fraction of sp³-hybridized carbons (Fsp3) is 0. The van der Waals surface area contributed by atoms with Crippen molar-refractivity contribution in [3.05, 3.63) is 88.0 Å². The molecule has 0 fully saturated rings. The molecule has 0 aromatic heterocycles. The number of hydrogen-bond acceptors (Lipinski definition) is 4. The highest BCUT2D eigenvalue weighted by atomic mass is 16.6. The summed E-state index contributed by atoms with van der Waals surface area (Å²) >= 11 is 0. The molecule has 0 bridgehead atoms. The van der Waals surface area contributed by atoms with Gasteiger partial charge in [0.05, 0.1) is 16.7 Å². The zero-order valence-electron chi connectivity index (χ0n) is 12.5. The third-order valence-electron chi connectivity index (χ3n) is 3.51. The lowest BCUT2D eigenvalue weighted by Crippen LogP contribution is -2.17. The second-order valence-corrected chi connectivity index (χ2v) is 5.08. The average Bonchev–Trinajstić information content (AvgIpc) is 2.61. The molecule has 0 unspecified atom stereocenters. The Bertz CT molecular complexity index is 951. The molecule has 0 aliphatic heterocycles. The first-order chi connectivity index (χ1) is 11.6. The lowest BCUT2D eigenvalue weighted by Gasteiger charge is -2.02. The van der Waals surface area contributed by atoms with Crippen molar-refractivity contribution in [2.45, 2.75) is 0 Å². The van der Waals surface area contributed by atoms with E-state index in [1.54, 1.807) is 30.3 Å². The second kappa shape index (κ2) is 6.70. The van der Waals surface area contributed by atoms with Crippen molar-refractivity contribution >= 4 is 28.6 Å². The van der Waals surface area contributed by atoms with Crippen LogP contribution in [0.4, 0.5) is 5.69 Å². The number of fused-ring (bicyclic) bond motifs is 1. The summed E-state index contributed by atoms with van der Waals surface area (Å²) in [6.07, 6.45) is 1.26. The number of nitro groups is 1. The van der Waals surface area contributed by atoms with Crippen LogP contribution in [0.25, 0.3) is 10.8 Å². The smallest absolute Gasteiger partial charge is 0.267 e. The maximum absolute atomic E-state index is 12.1. The lowest BCUT2D eigenvalue weighted by atomic mass is 10.1. The van der Waals surface area contributed by atoms with Gasteiger partial charge in [-0.2, -0.15) is 5.10 Å². The third kappa shape index (κ3) is 3.27. The molecule has 0 aliphatic rings. The van der Waals surface area contributed by atoms with Crippen molar-refractivity contribution in [2.75, 3.05) is 0 Å². The minimum Gasteiger partial charge on any atom is -0.267 e. The molecule has 0 radical (unpaired) electrons. The first-order valence-electron chi connectivity index (χ1n) is 7.21. The largest absolute Gasteiger partial charge is 0.278 e. The van der Waals surface area contributed by atoms with Gasteiger partial charge in [0.25, 0.3) is 11.6 Å². The zero-order chi connectivity index (χ0) is 16.9. The van der Waals surface area contributed by atoms with E-state index in [4.69, 9.17) is 0 Å². The fourth-order valence-electron chi connectivity index (χ4n) is 2.32. The van der Waals surface area contributed by atoms with E-state index in [2.05, 4.69) is 10.5 Å². The molecule has 3 rings (SSSR count). The van der Waals surface area contributed by atoms with Crippen LogP contribution < -0.4 is 5.43 Å². The van der Waals surface area contributed by atoms with Gasteiger partial charge in [0.1, 0.15) is 0 Å². The number of nitrogens with one attached hydrogen (secondary N) is 1. The van der Waals surface area contributed by atoms with Gasteiger partial charge in [-0.05, 0) is 29.0 Å². The summed E-state index contributed by atoms with van der Waals surface area (Å²) in [5, 5.41) is 16.7. The Balaban J connectivity index is 1.76. The lowest BCUT2D eigenvalue weighted by molar-refractivity contribution is -0.385. The Morgan fingerprint density at radius 2 is 1.71 bits per heavy atom. The van der Waals surface area contributed by atoms with Crippen LogP contribution in [0.2, 0.25) is 0 Å². The molecule has 118 valence electrons. The van der Waals surface area contributed by atoms with Gasteiger partial charge in [0.15, 0.2) is 0 Å². The van der Waals surface area contributed by atoms with Crippen molar-refractivity contribution in [3.8, 4) is 0 Å². The normalized spacial score (nSPS) is 10.8. The summed E-state index contributed by atoms with van der Waals surface area (Å²) < 4.78 is 0. The van der Waals surface area contributed by atoms with E-state index in [1.807, 2.05) is 30.3 Å². The van der Waals surface area contributed by atoms with E-state index in [1.165, 1.54) is 12.3 Å². The molecule has 0 saturated heterocycles. The van der Waals surface area contributed by atoms with Gasteiger partial charge >= 0.3 is 0 Å². The molecule has 1 amide bonds. The van der Waals surface area contributed by atoms with Crippen LogP contribution in [0, 0.1) is 10.1 Å². The van der Waals surface area contributed by atoms with E-state index in [0.29, 0.717) is 11.1 Å². The van der Waals surface area contributed by atoms with Crippen LogP contribution in [-0.4, -0.2) is 17.0 Å². The van der Waals surface area contributed by atoms with Crippen LogP contribution in [-0.2, 0) is 0 Å². The molecule has 6 nitrogen and oxygen atoms in total. The SMILES string of the molecule is O=C(N/N=C\c1ccccc1[N+](=O)[O-])c1ccc2ccccc2c1. The summed E-state index contributed by atoms with van der Waals surface area (Å²) in [7, 11) is 0. The predicted molar refractivity (Wildman–Crippen MR) is 92.1 cm³/mol. The average molecular weight is 319 g/mol. The van der Waals surface area contributed by atoms with E-state index in [0.717, 1.165) is 10.8 Å². The molecule has 0 saturated carbocycles. The molecule has 0 heterocycles. The number of benzene rings is 3. The standard InChI is InChI=1S/C18H13N3O3/c22-18(15-10-9-13-5-1-2-6-14(13)11-15)20-19-12-16-7-3-4-8-17(16)21(23)24/h1-12H,(H,20,22)/b19-12-. The molecule has 0 spiro atoms. The van der Waals surface area contributed by atoms with Crippen molar-refractivity contribution in [3.63, 3.8) is 0 Å². The van der Waals surface area contributed by atoms with Crippen molar-refractivity contribution in [1.82, 2.24) is 5.43 Å². The Hall–Kier alpha value is -3.54. The maximum atomic E-state index is 12.1. The maximum Gasteiger partial charge on any atom is 0.278 e. The van der Waals surface area contributed by atoms with Crippen molar-refractivity contribution < 1.29 is 9.72 Å². The quantitative estimate of drug-likeness (QED) is 0.453. The number of hydrogen-bond donors (Lipinski definition) is 1. The van der Waals surface area contributed by atoms with Gasteiger partial charge in [0.2, 0.25) is 0 Å². The van der Waals surface area contributed by atoms with Gasteiger partial charge in [-0.1, -0.05) is 42.5 Å². The summed E-state index contributed by atoms with van der Waals surface area (Å²) in [6.45, 7) is 0. The van der Waals surface area contributed by atoms with E-state index in [9.17, 15) is 14.9 Å². The Labute approximate surface area is 137 Å². The predicted octanol–water partition coefficient (Wildman–Crippen LogP) is 3.51. The summed E-state index contributed by atoms with van der Waals surface area (Å²) in [4.78, 5) is 22.6. The third-order valence-corrected chi connectivity index (χ3v) is 3.51. The fourth-order valence-corrected chi connectivity index (χ4v) is 2.32. The molecular weight excluding hydrogens is 306 g/mol. The topological polar surface area (TPSA) is 84.6 Å².